The number of carbonyl (C=O) groups excluding carboxylic acids is 2. The lowest BCUT2D eigenvalue weighted by atomic mass is 10.0. The van der Waals surface area contributed by atoms with Gasteiger partial charge < -0.3 is 14.6 Å². The number of rotatable bonds is 11. The highest BCUT2D eigenvalue weighted by Gasteiger charge is 2.47. The van der Waals surface area contributed by atoms with Crippen LogP contribution in [-0.2, 0) is 37.2 Å². The molecule has 0 aromatic heterocycles. The number of phosphoric acid groups is 1. The highest BCUT2D eigenvalue weighted by Crippen LogP contribution is 2.55. The molecule has 0 atom stereocenters. The predicted octanol–water partition coefficient (Wildman–Crippen LogP) is 4.73. The average molecular weight is 510 g/mol. The molecule has 1 amide bonds. The summed E-state index contributed by atoms with van der Waals surface area (Å²) in [5, 5.41) is 9.19. The van der Waals surface area contributed by atoms with Crippen molar-refractivity contribution in [2.75, 3.05) is 19.9 Å². The second-order valence-electron chi connectivity index (χ2n) is 11.5. The van der Waals surface area contributed by atoms with E-state index in [-0.39, 0.29) is 13.0 Å². The van der Waals surface area contributed by atoms with E-state index in [1.807, 2.05) is 0 Å². The molecular weight excluding hydrogens is 469 g/mol. The van der Waals surface area contributed by atoms with Crippen LogP contribution in [0, 0.1) is 5.41 Å². The molecule has 0 saturated heterocycles. The Balaban J connectivity index is 2.90. The van der Waals surface area contributed by atoms with Crippen molar-refractivity contribution in [1.29, 1.82) is 0 Å². The van der Waals surface area contributed by atoms with Crippen LogP contribution in [0.3, 0.4) is 0 Å². The molecule has 0 aromatic rings. The normalized spacial score (nSPS) is 16.0. The highest BCUT2D eigenvalue weighted by atomic mass is 31.2. The summed E-state index contributed by atoms with van der Waals surface area (Å²) in [6.07, 6.45) is 0.111. The minimum Gasteiger partial charge on any atom is -0.481 e. The molecule has 0 bridgehead atoms. The van der Waals surface area contributed by atoms with Crippen molar-refractivity contribution in [3.05, 3.63) is 0 Å². The van der Waals surface area contributed by atoms with Crippen molar-refractivity contribution < 1.29 is 47.1 Å². The number of hydrogen-bond donors (Lipinski definition) is 1. The number of ether oxygens (including phenoxy) is 2. The van der Waals surface area contributed by atoms with Gasteiger partial charge in [-0.1, -0.05) is 0 Å². The van der Waals surface area contributed by atoms with Crippen molar-refractivity contribution in [1.82, 2.24) is 4.90 Å². The fourth-order valence-corrected chi connectivity index (χ4v) is 4.65. The van der Waals surface area contributed by atoms with Gasteiger partial charge in [-0.2, -0.15) is 0 Å². The lowest BCUT2D eigenvalue weighted by Gasteiger charge is -2.31. The molecule has 0 unspecified atom stereocenters. The Morgan fingerprint density at radius 1 is 0.912 bits per heavy atom. The van der Waals surface area contributed by atoms with Crippen LogP contribution in [0.4, 0.5) is 4.79 Å². The van der Waals surface area contributed by atoms with Gasteiger partial charge in [0.15, 0.2) is 0 Å². The molecule has 0 heterocycles. The molecule has 12 heteroatoms. The molecule has 0 spiro atoms. The minimum absolute atomic E-state index is 0.00792. The van der Waals surface area contributed by atoms with Gasteiger partial charge in [-0.05, 0) is 80.6 Å². The Bertz CT molecular complexity index is 767. The summed E-state index contributed by atoms with van der Waals surface area (Å²) < 4.78 is 39.6. The topological polar surface area (TPSA) is 138 Å². The van der Waals surface area contributed by atoms with E-state index in [2.05, 4.69) is 0 Å². The smallest absolute Gasteiger partial charge is 0.478 e. The first-order valence-electron chi connectivity index (χ1n) is 11.1. The lowest BCUT2D eigenvalue weighted by molar-refractivity contribution is -0.156. The van der Waals surface area contributed by atoms with Gasteiger partial charge in [0.05, 0.1) is 17.6 Å². The van der Waals surface area contributed by atoms with Crippen molar-refractivity contribution in [2.45, 2.75) is 98.4 Å². The Labute approximate surface area is 202 Å². The van der Waals surface area contributed by atoms with Crippen LogP contribution in [0.5, 0.6) is 0 Å². The van der Waals surface area contributed by atoms with Gasteiger partial charge in [-0.15, -0.1) is 0 Å². The lowest BCUT2D eigenvalue weighted by Crippen LogP contribution is -2.42. The number of hydrogen-bond acceptors (Lipinski definition) is 9. The molecule has 198 valence electrons. The Kier molecular flexibility index (Phi) is 9.76. The Hall–Kier alpha value is -1.68. The van der Waals surface area contributed by atoms with Gasteiger partial charge in [0, 0.05) is 6.54 Å². The molecule has 0 radical (unpaired) electrons. The number of carboxylic acids is 1. The van der Waals surface area contributed by atoms with Crippen molar-refractivity contribution in [3.63, 3.8) is 0 Å². The van der Waals surface area contributed by atoms with E-state index in [9.17, 15) is 24.1 Å². The van der Waals surface area contributed by atoms with Crippen molar-refractivity contribution in [3.8, 4) is 0 Å². The number of carbonyl (C=O) groups is 3. The number of phosphoric ester groups is 1. The standard InChI is InChI=1S/C22H40NO10P/c1-19(2,3)31-17(26)13-23(14-22(10-11-22)12-16(24)25)18(27)29-15-30-34(28,32-20(4,5)6)33-21(7,8)9/h10-15H2,1-9H3,(H,24,25). The van der Waals surface area contributed by atoms with Crippen LogP contribution >= 0.6 is 7.82 Å². The van der Waals surface area contributed by atoms with E-state index >= 15 is 0 Å². The Morgan fingerprint density at radius 3 is 1.79 bits per heavy atom. The van der Waals surface area contributed by atoms with E-state index in [4.69, 9.17) is 23.0 Å². The number of nitrogens with zero attached hydrogens (tertiary/aromatic N) is 1. The fraction of sp³-hybridized carbons (Fsp3) is 0.864. The summed E-state index contributed by atoms with van der Waals surface area (Å²) in [6, 6.07) is 0. The maximum atomic E-state index is 13.1. The zero-order chi connectivity index (χ0) is 26.6. The monoisotopic (exact) mass is 509 g/mol. The zero-order valence-corrected chi connectivity index (χ0v) is 22.7. The molecule has 1 N–H and O–H groups in total. The highest BCUT2D eigenvalue weighted by molar-refractivity contribution is 7.48. The second kappa shape index (κ2) is 10.9. The zero-order valence-electron chi connectivity index (χ0n) is 21.8. The first-order chi connectivity index (χ1) is 15.1. The summed E-state index contributed by atoms with van der Waals surface area (Å²) in [6.45, 7) is 13.9. The SMILES string of the molecule is CC(C)(C)OC(=O)CN(CC1(CC(=O)O)CC1)C(=O)OCOP(=O)(OC(C)(C)C)OC(C)(C)C. The van der Waals surface area contributed by atoms with Crippen LogP contribution < -0.4 is 0 Å². The van der Waals surface area contributed by atoms with Crippen molar-refractivity contribution in [2.24, 2.45) is 5.41 Å². The summed E-state index contributed by atoms with van der Waals surface area (Å²) in [7, 11) is -4.12. The fourth-order valence-electron chi connectivity index (χ4n) is 2.98. The second-order valence-corrected chi connectivity index (χ2v) is 13.0. The van der Waals surface area contributed by atoms with Crippen LogP contribution in [0.15, 0.2) is 0 Å². The molecule has 1 aliphatic rings. The molecule has 0 aliphatic heterocycles. The van der Waals surface area contributed by atoms with Gasteiger partial charge in [0.25, 0.3) is 0 Å². The largest absolute Gasteiger partial charge is 0.481 e. The first-order valence-corrected chi connectivity index (χ1v) is 12.6. The molecule has 1 saturated carbocycles. The van der Waals surface area contributed by atoms with E-state index in [1.165, 1.54) is 0 Å². The van der Waals surface area contributed by atoms with Crippen molar-refractivity contribution >= 4 is 25.9 Å². The third kappa shape index (κ3) is 12.7. The van der Waals surface area contributed by atoms with E-state index in [1.54, 1.807) is 62.3 Å². The summed E-state index contributed by atoms with van der Waals surface area (Å²) in [4.78, 5) is 37.4. The first kappa shape index (κ1) is 30.4. The number of esters is 1. The Morgan fingerprint density at radius 2 is 1.41 bits per heavy atom. The van der Waals surface area contributed by atoms with Crippen LogP contribution in [0.1, 0.15) is 81.6 Å². The van der Waals surface area contributed by atoms with Gasteiger partial charge in [-0.25, -0.2) is 13.9 Å². The van der Waals surface area contributed by atoms with Crippen LogP contribution in [0.2, 0.25) is 0 Å². The van der Waals surface area contributed by atoms with E-state index in [0.717, 1.165) is 4.90 Å². The van der Waals surface area contributed by atoms with Gasteiger partial charge in [0.2, 0.25) is 6.79 Å². The van der Waals surface area contributed by atoms with Gasteiger partial charge >= 0.3 is 25.9 Å². The molecule has 34 heavy (non-hydrogen) atoms. The molecule has 1 fully saturated rings. The summed E-state index contributed by atoms with van der Waals surface area (Å²) in [5.41, 5.74) is -3.14. The van der Waals surface area contributed by atoms with E-state index in [0.29, 0.717) is 12.8 Å². The summed E-state index contributed by atoms with van der Waals surface area (Å²) >= 11 is 0. The average Bonchev–Trinajstić information content (AvgIpc) is 3.26. The van der Waals surface area contributed by atoms with Gasteiger partial charge in [-0.3, -0.25) is 23.5 Å². The predicted molar refractivity (Wildman–Crippen MR) is 123 cm³/mol. The van der Waals surface area contributed by atoms with Crippen LogP contribution in [-0.4, -0.2) is 64.7 Å². The molecule has 0 aromatic carbocycles. The number of carboxylic acid groups (broad SMARTS) is 1. The number of aliphatic carboxylic acids is 1. The third-order valence-corrected chi connectivity index (χ3v) is 6.14. The molecule has 11 nitrogen and oxygen atoms in total. The minimum atomic E-state index is -4.12. The number of amides is 1. The summed E-state index contributed by atoms with van der Waals surface area (Å²) in [5.74, 6) is -1.67. The third-order valence-electron chi connectivity index (χ3n) is 4.17. The quantitative estimate of drug-likeness (QED) is 0.236. The molecule has 1 aliphatic carbocycles. The molecular formula is C22H40NO10P. The maximum Gasteiger partial charge on any atom is 0.478 e. The maximum absolute atomic E-state index is 13.1. The van der Waals surface area contributed by atoms with Crippen LogP contribution in [0.25, 0.3) is 0 Å². The molecule has 1 rings (SSSR count). The van der Waals surface area contributed by atoms with Gasteiger partial charge in [0.1, 0.15) is 12.1 Å². The van der Waals surface area contributed by atoms with E-state index < -0.39 is 61.4 Å².